The van der Waals surface area contributed by atoms with Crippen molar-refractivity contribution in [3.8, 4) is 0 Å². The van der Waals surface area contributed by atoms with Crippen molar-refractivity contribution in [3.63, 3.8) is 0 Å². The van der Waals surface area contributed by atoms with Crippen LogP contribution in [-0.4, -0.2) is 22.4 Å². The van der Waals surface area contributed by atoms with Crippen LogP contribution in [-0.2, 0) is 4.79 Å². The van der Waals surface area contributed by atoms with Gasteiger partial charge in [-0.05, 0) is 37.6 Å². The number of anilines is 1. The Bertz CT molecular complexity index is 906. The number of benzene rings is 2. The van der Waals surface area contributed by atoms with E-state index in [9.17, 15) is 19.7 Å². The van der Waals surface area contributed by atoms with Crippen molar-refractivity contribution in [1.82, 2.24) is 5.43 Å². The van der Waals surface area contributed by atoms with Crippen LogP contribution < -0.4 is 10.7 Å². The van der Waals surface area contributed by atoms with Gasteiger partial charge in [0.15, 0.2) is 0 Å². The second-order valence-electron chi connectivity index (χ2n) is 5.61. The number of carbonyl (C=O) groups excluding carboxylic acids is 2. The molecule has 0 saturated heterocycles. The highest BCUT2D eigenvalue weighted by Gasteiger charge is 2.17. The third-order valence-electron chi connectivity index (χ3n) is 3.67. The standard InChI is InChI=1S/C18H18N4O4/c1-11-16(8-5-9-17(11)22(25)26)18(24)21-20-12(2)14-6-4-7-15(10-14)19-13(3)23/h4-10H,1-3H3,(H,19,23)(H,21,24)/b20-12+. The maximum Gasteiger partial charge on any atom is 0.273 e. The third-order valence-corrected chi connectivity index (χ3v) is 3.67. The van der Waals surface area contributed by atoms with Crippen LogP contribution in [0, 0.1) is 17.0 Å². The molecule has 134 valence electrons. The lowest BCUT2D eigenvalue weighted by Gasteiger charge is -2.07. The van der Waals surface area contributed by atoms with Gasteiger partial charge in [-0.1, -0.05) is 18.2 Å². The van der Waals surface area contributed by atoms with Crippen LogP contribution in [0.1, 0.15) is 35.3 Å². The van der Waals surface area contributed by atoms with E-state index in [0.29, 0.717) is 17.0 Å². The highest BCUT2D eigenvalue weighted by atomic mass is 16.6. The lowest BCUT2D eigenvalue weighted by Crippen LogP contribution is -2.20. The molecule has 0 aromatic heterocycles. The van der Waals surface area contributed by atoms with Gasteiger partial charge < -0.3 is 5.32 Å². The van der Waals surface area contributed by atoms with E-state index in [2.05, 4.69) is 15.8 Å². The van der Waals surface area contributed by atoms with Crippen molar-refractivity contribution < 1.29 is 14.5 Å². The predicted octanol–water partition coefficient (Wildman–Crippen LogP) is 3.02. The van der Waals surface area contributed by atoms with Crippen LogP contribution in [0.4, 0.5) is 11.4 Å². The molecule has 0 spiro atoms. The van der Waals surface area contributed by atoms with E-state index >= 15 is 0 Å². The minimum absolute atomic E-state index is 0.124. The number of hydrogen-bond donors (Lipinski definition) is 2. The number of nitro groups is 1. The molecule has 2 aromatic carbocycles. The minimum atomic E-state index is -0.538. The van der Waals surface area contributed by atoms with E-state index in [1.807, 2.05) is 0 Å². The van der Waals surface area contributed by atoms with Gasteiger partial charge in [-0.15, -0.1) is 0 Å². The fourth-order valence-corrected chi connectivity index (χ4v) is 2.35. The Kier molecular flexibility index (Phi) is 5.79. The quantitative estimate of drug-likeness (QED) is 0.488. The summed E-state index contributed by atoms with van der Waals surface area (Å²) in [5, 5.41) is 17.7. The van der Waals surface area contributed by atoms with Crippen molar-refractivity contribution in [2.75, 3.05) is 5.32 Å². The predicted molar refractivity (Wildman–Crippen MR) is 98.3 cm³/mol. The fourth-order valence-electron chi connectivity index (χ4n) is 2.35. The Hall–Kier alpha value is -3.55. The fraction of sp³-hybridized carbons (Fsp3) is 0.167. The number of hydrazone groups is 1. The highest BCUT2D eigenvalue weighted by molar-refractivity contribution is 6.02. The number of nitrogens with zero attached hydrogens (tertiary/aromatic N) is 2. The molecule has 26 heavy (non-hydrogen) atoms. The Morgan fingerprint density at radius 3 is 2.46 bits per heavy atom. The van der Waals surface area contributed by atoms with Gasteiger partial charge in [0.05, 0.1) is 16.2 Å². The van der Waals surface area contributed by atoms with Crippen LogP contribution in [0.5, 0.6) is 0 Å². The summed E-state index contributed by atoms with van der Waals surface area (Å²) in [4.78, 5) is 33.9. The number of nitrogens with one attached hydrogen (secondary N) is 2. The Labute approximate surface area is 150 Å². The van der Waals surface area contributed by atoms with Crippen LogP contribution in [0.2, 0.25) is 0 Å². The Morgan fingerprint density at radius 1 is 1.12 bits per heavy atom. The van der Waals surface area contributed by atoms with Crippen molar-refractivity contribution in [2.45, 2.75) is 20.8 Å². The second kappa shape index (κ2) is 8.02. The van der Waals surface area contributed by atoms with Gasteiger partial charge in [-0.3, -0.25) is 19.7 Å². The topological polar surface area (TPSA) is 114 Å². The number of rotatable bonds is 5. The van der Waals surface area contributed by atoms with Gasteiger partial charge in [-0.25, -0.2) is 5.43 Å². The van der Waals surface area contributed by atoms with E-state index in [-0.39, 0.29) is 22.7 Å². The average molecular weight is 354 g/mol. The van der Waals surface area contributed by atoms with Gasteiger partial charge >= 0.3 is 0 Å². The highest BCUT2D eigenvalue weighted by Crippen LogP contribution is 2.21. The van der Waals surface area contributed by atoms with E-state index in [0.717, 1.165) is 0 Å². The van der Waals surface area contributed by atoms with Crippen LogP contribution in [0.15, 0.2) is 47.6 Å². The van der Waals surface area contributed by atoms with Crippen molar-refractivity contribution in [1.29, 1.82) is 0 Å². The molecular formula is C18H18N4O4. The van der Waals surface area contributed by atoms with Crippen LogP contribution in [0.25, 0.3) is 0 Å². The lowest BCUT2D eigenvalue weighted by molar-refractivity contribution is -0.385. The molecule has 0 atom stereocenters. The molecule has 0 radical (unpaired) electrons. The molecular weight excluding hydrogens is 336 g/mol. The molecule has 0 aliphatic rings. The van der Waals surface area contributed by atoms with Crippen LogP contribution in [0.3, 0.4) is 0 Å². The normalized spacial score (nSPS) is 11.0. The molecule has 0 unspecified atom stereocenters. The molecule has 0 aliphatic heterocycles. The van der Waals surface area contributed by atoms with Gasteiger partial charge in [-0.2, -0.15) is 5.10 Å². The smallest absolute Gasteiger partial charge is 0.273 e. The maximum atomic E-state index is 12.3. The summed E-state index contributed by atoms with van der Waals surface area (Å²) in [5.41, 5.74) is 4.59. The zero-order valence-electron chi connectivity index (χ0n) is 14.6. The first-order valence-corrected chi connectivity index (χ1v) is 7.76. The number of amides is 2. The molecule has 2 amide bonds. The Balaban J connectivity index is 2.19. The molecule has 8 heteroatoms. The lowest BCUT2D eigenvalue weighted by atomic mass is 10.1. The molecule has 0 saturated carbocycles. The zero-order valence-corrected chi connectivity index (χ0v) is 14.6. The molecule has 0 aliphatic carbocycles. The monoisotopic (exact) mass is 354 g/mol. The summed E-state index contributed by atoms with van der Waals surface area (Å²) in [5.74, 6) is -0.727. The van der Waals surface area contributed by atoms with E-state index in [4.69, 9.17) is 0 Å². The van der Waals surface area contributed by atoms with Crippen LogP contribution >= 0.6 is 0 Å². The minimum Gasteiger partial charge on any atom is -0.326 e. The first-order chi connectivity index (χ1) is 12.3. The summed E-state index contributed by atoms with van der Waals surface area (Å²) >= 11 is 0. The largest absolute Gasteiger partial charge is 0.326 e. The maximum absolute atomic E-state index is 12.3. The number of nitro benzene ring substituents is 1. The summed E-state index contributed by atoms with van der Waals surface area (Å²) in [6.45, 7) is 4.63. The summed E-state index contributed by atoms with van der Waals surface area (Å²) in [7, 11) is 0. The molecule has 8 nitrogen and oxygen atoms in total. The van der Waals surface area contributed by atoms with Gasteiger partial charge in [0.1, 0.15) is 0 Å². The second-order valence-corrected chi connectivity index (χ2v) is 5.61. The third kappa shape index (κ3) is 4.50. The average Bonchev–Trinajstić information content (AvgIpc) is 2.59. The molecule has 2 aromatic rings. The van der Waals surface area contributed by atoms with E-state index in [1.54, 1.807) is 31.2 Å². The summed E-state index contributed by atoms with van der Waals surface area (Å²) in [6, 6.07) is 11.3. The van der Waals surface area contributed by atoms with Crippen molar-refractivity contribution in [3.05, 3.63) is 69.3 Å². The van der Waals surface area contributed by atoms with E-state index in [1.165, 1.54) is 32.0 Å². The van der Waals surface area contributed by atoms with Crippen molar-refractivity contribution in [2.24, 2.45) is 5.10 Å². The molecule has 2 rings (SSSR count). The van der Waals surface area contributed by atoms with Gasteiger partial charge in [0.25, 0.3) is 11.6 Å². The number of carbonyl (C=O) groups is 2. The first-order valence-electron chi connectivity index (χ1n) is 7.76. The summed E-state index contributed by atoms with van der Waals surface area (Å²) < 4.78 is 0. The molecule has 2 N–H and O–H groups in total. The van der Waals surface area contributed by atoms with Gasteiger partial charge in [0.2, 0.25) is 5.91 Å². The number of hydrogen-bond acceptors (Lipinski definition) is 5. The summed E-state index contributed by atoms with van der Waals surface area (Å²) in [6.07, 6.45) is 0. The zero-order chi connectivity index (χ0) is 19.3. The molecule has 0 fully saturated rings. The van der Waals surface area contributed by atoms with Crippen molar-refractivity contribution >= 4 is 28.9 Å². The Morgan fingerprint density at radius 2 is 1.81 bits per heavy atom. The van der Waals surface area contributed by atoms with E-state index < -0.39 is 10.8 Å². The molecule has 0 heterocycles. The van der Waals surface area contributed by atoms with Gasteiger partial charge in [0, 0.05) is 24.2 Å². The first kappa shape index (κ1) is 18.8. The SMILES string of the molecule is CC(=O)Nc1cccc(/C(C)=N/NC(=O)c2cccc([N+](=O)[O-])c2C)c1. The molecule has 0 bridgehead atoms.